The molecule has 2 atom stereocenters. The standard InChI is InChI=1S/C35H43N5O4/c1-23-16-17-27-25(11-6-10-24(2)41)12-7-14-28(27)31(23)43-32-29(15-8-19-36-32)30-18-20-37-33(39-30)38-26-13-9-21-40(22-26)34(42)44-35(3,4)5/h7-8,12,14-20,24,26,41H,6,9-11,13,21-22H2,1-5H3,(H,37,38,39)/t24-,26+/m1/s1. The summed E-state index contributed by atoms with van der Waals surface area (Å²) in [5.41, 5.74) is 3.13. The average molecular weight is 598 g/mol. The number of benzene rings is 2. The van der Waals surface area contributed by atoms with Crippen LogP contribution in [0.15, 0.2) is 60.9 Å². The zero-order chi connectivity index (χ0) is 31.3. The number of likely N-dealkylation sites (tertiary alicyclic amines) is 1. The highest BCUT2D eigenvalue weighted by atomic mass is 16.6. The van der Waals surface area contributed by atoms with Crippen molar-refractivity contribution in [3.63, 3.8) is 0 Å². The lowest BCUT2D eigenvalue weighted by Crippen LogP contribution is -2.47. The number of aryl methyl sites for hydroxylation is 2. The number of aliphatic hydroxyl groups excluding tert-OH is 1. The Bertz CT molecular complexity index is 1600. The monoisotopic (exact) mass is 597 g/mol. The van der Waals surface area contributed by atoms with Gasteiger partial charge in [-0.1, -0.05) is 30.3 Å². The zero-order valence-electron chi connectivity index (χ0n) is 26.3. The predicted octanol–water partition coefficient (Wildman–Crippen LogP) is 7.31. The molecule has 1 aliphatic rings. The maximum Gasteiger partial charge on any atom is 0.410 e. The van der Waals surface area contributed by atoms with E-state index in [9.17, 15) is 9.90 Å². The highest BCUT2D eigenvalue weighted by molar-refractivity contribution is 5.92. The minimum Gasteiger partial charge on any atom is -0.444 e. The summed E-state index contributed by atoms with van der Waals surface area (Å²) in [5, 5.41) is 15.3. The summed E-state index contributed by atoms with van der Waals surface area (Å²) in [6.07, 6.45) is 7.16. The van der Waals surface area contributed by atoms with Gasteiger partial charge in [-0.05, 0) is 101 Å². The van der Waals surface area contributed by atoms with Gasteiger partial charge >= 0.3 is 6.09 Å². The molecule has 0 unspecified atom stereocenters. The van der Waals surface area contributed by atoms with E-state index in [0.717, 1.165) is 59.8 Å². The van der Waals surface area contributed by atoms with Gasteiger partial charge in [0.1, 0.15) is 11.4 Å². The van der Waals surface area contributed by atoms with Crippen LogP contribution in [0.4, 0.5) is 10.7 Å². The third kappa shape index (κ3) is 7.82. The van der Waals surface area contributed by atoms with Crippen LogP contribution >= 0.6 is 0 Å². The molecule has 9 nitrogen and oxygen atoms in total. The van der Waals surface area contributed by atoms with Crippen LogP contribution in [0.3, 0.4) is 0 Å². The molecule has 1 aliphatic heterocycles. The summed E-state index contributed by atoms with van der Waals surface area (Å²) in [7, 11) is 0. The molecule has 0 spiro atoms. The predicted molar refractivity (Wildman–Crippen MR) is 173 cm³/mol. The third-order valence-corrected chi connectivity index (χ3v) is 7.67. The van der Waals surface area contributed by atoms with Crippen molar-refractivity contribution < 1.29 is 19.4 Å². The Morgan fingerprint density at radius 1 is 1.09 bits per heavy atom. The number of rotatable bonds is 9. The first-order valence-corrected chi connectivity index (χ1v) is 15.5. The minimum absolute atomic E-state index is 0.00394. The molecule has 1 amide bonds. The lowest BCUT2D eigenvalue weighted by Gasteiger charge is -2.34. The van der Waals surface area contributed by atoms with E-state index in [1.54, 1.807) is 17.3 Å². The van der Waals surface area contributed by atoms with E-state index < -0.39 is 5.60 Å². The van der Waals surface area contributed by atoms with Gasteiger partial charge in [0.2, 0.25) is 11.8 Å². The van der Waals surface area contributed by atoms with Crippen molar-refractivity contribution in [2.45, 2.75) is 84.5 Å². The maximum absolute atomic E-state index is 12.6. The van der Waals surface area contributed by atoms with Crippen LogP contribution in [0.1, 0.15) is 64.5 Å². The smallest absolute Gasteiger partial charge is 0.410 e. The Balaban J connectivity index is 1.36. The fourth-order valence-electron chi connectivity index (χ4n) is 5.56. The van der Waals surface area contributed by atoms with E-state index in [1.165, 1.54) is 5.56 Å². The lowest BCUT2D eigenvalue weighted by atomic mass is 9.97. The Kier molecular flexibility index (Phi) is 9.64. The van der Waals surface area contributed by atoms with Crippen molar-refractivity contribution in [1.82, 2.24) is 19.9 Å². The summed E-state index contributed by atoms with van der Waals surface area (Å²) in [4.78, 5) is 28.3. The molecular weight excluding hydrogens is 554 g/mol. The van der Waals surface area contributed by atoms with Crippen LogP contribution in [-0.2, 0) is 11.2 Å². The summed E-state index contributed by atoms with van der Waals surface area (Å²) in [6.45, 7) is 10.7. The second-order valence-electron chi connectivity index (χ2n) is 12.6. The number of piperidine rings is 1. The van der Waals surface area contributed by atoms with Gasteiger partial charge in [-0.3, -0.25) is 0 Å². The quantitative estimate of drug-likeness (QED) is 0.207. The molecule has 1 saturated heterocycles. The van der Waals surface area contributed by atoms with Gasteiger partial charge in [-0.2, -0.15) is 0 Å². The Morgan fingerprint density at radius 2 is 1.93 bits per heavy atom. The first kappa shape index (κ1) is 31.2. The number of aliphatic hydroxyl groups is 1. The number of pyridine rings is 1. The highest BCUT2D eigenvalue weighted by Crippen LogP contribution is 2.38. The fourth-order valence-corrected chi connectivity index (χ4v) is 5.56. The van der Waals surface area contributed by atoms with E-state index in [1.807, 2.05) is 52.8 Å². The van der Waals surface area contributed by atoms with Crippen LogP contribution in [-0.4, -0.2) is 61.9 Å². The van der Waals surface area contributed by atoms with Crippen molar-refractivity contribution in [3.8, 4) is 22.9 Å². The summed E-state index contributed by atoms with van der Waals surface area (Å²) < 4.78 is 12.2. The van der Waals surface area contributed by atoms with Gasteiger partial charge in [0.05, 0.1) is 17.4 Å². The molecule has 0 bridgehead atoms. The SMILES string of the molecule is Cc1ccc2c(CCC[C@@H](C)O)cccc2c1Oc1ncccc1-c1ccnc(N[C@H]2CCCN(C(=O)OC(C)(C)C)C2)n1. The van der Waals surface area contributed by atoms with Crippen molar-refractivity contribution in [3.05, 3.63) is 72.1 Å². The number of nitrogens with one attached hydrogen (secondary N) is 1. The topological polar surface area (TPSA) is 110 Å². The highest BCUT2D eigenvalue weighted by Gasteiger charge is 2.28. The second-order valence-corrected chi connectivity index (χ2v) is 12.6. The van der Waals surface area contributed by atoms with E-state index in [-0.39, 0.29) is 18.2 Å². The average Bonchev–Trinajstić information content (AvgIpc) is 2.98. The molecular formula is C35H43N5O4. The van der Waals surface area contributed by atoms with Crippen molar-refractivity contribution in [2.75, 3.05) is 18.4 Å². The third-order valence-electron chi connectivity index (χ3n) is 7.67. The molecule has 4 aromatic rings. The van der Waals surface area contributed by atoms with Crippen LogP contribution in [0.5, 0.6) is 11.6 Å². The van der Waals surface area contributed by atoms with Crippen molar-refractivity contribution in [1.29, 1.82) is 0 Å². The molecule has 232 valence electrons. The maximum atomic E-state index is 12.6. The molecule has 9 heteroatoms. The minimum atomic E-state index is -0.537. The molecule has 2 aromatic carbocycles. The molecule has 3 heterocycles. The largest absolute Gasteiger partial charge is 0.444 e. The van der Waals surface area contributed by atoms with Gasteiger partial charge in [-0.15, -0.1) is 0 Å². The first-order chi connectivity index (χ1) is 21.1. The number of fused-ring (bicyclic) bond motifs is 1. The Labute approximate surface area is 259 Å². The molecule has 0 aliphatic carbocycles. The number of carbonyl (C=O) groups is 1. The first-order valence-electron chi connectivity index (χ1n) is 15.5. The Hall–Kier alpha value is -4.24. The van der Waals surface area contributed by atoms with Crippen LogP contribution in [0, 0.1) is 6.92 Å². The number of hydrogen-bond acceptors (Lipinski definition) is 8. The van der Waals surface area contributed by atoms with Gasteiger partial charge < -0.3 is 24.8 Å². The van der Waals surface area contributed by atoms with E-state index in [4.69, 9.17) is 14.5 Å². The number of ether oxygens (including phenoxy) is 2. The molecule has 2 aromatic heterocycles. The molecule has 5 rings (SSSR count). The number of anilines is 1. The van der Waals surface area contributed by atoms with Crippen LogP contribution in [0.2, 0.25) is 0 Å². The number of carbonyl (C=O) groups excluding carboxylic acids is 1. The molecule has 44 heavy (non-hydrogen) atoms. The number of nitrogens with zero attached hydrogens (tertiary/aromatic N) is 4. The summed E-state index contributed by atoms with van der Waals surface area (Å²) in [6, 6.07) is 16.2. The van der Waals surface area contributed by atoms with E-state index >= 15 is 0 Å². The fraction of sp³-hybridized carbons (Fsp3) is 0.429. The van der Waals surface area contributed by atoms with E-state index in [2.05, 4.69) is 45.6 Å². The normalized spacial score (nSPS) is 16.0. The summed E-state index contributed by atoms with van der Waals surface area (Å²) in [5.74, 6) is 1.70. The van der Waals surface area contributed by atoms with Crippen LogP contribution in [0.25, 0.3) is 22.0 Å². The zero-order valence-corrected chi connectivity index (χ0v) is 26.3. The van der Waals surface area contributed by atoms with Gasteiger partial charge in [0.15, 0.2) is 0 Å². The van der Waals surface area contributed by atoms with Gasteiger partial charge in [0, 0.05) is 36.9 Å². The Morgan fingerprint density at radius 3 is 2.73 bits per heavy atom. The molecule has 1 fully saturated rings. The van der Waals surface area contributed by atoms with Crippen molar-refractivity contribution >= 4 is 22.8 Å². The number of aromatic nitrogens is 3. The van der Waals surface area contributed by atoms with E-state index in [0.29, 0.717) is 30.6 Å². The van der Waals surface area contributed by atoms with Crippen LogP contribution < -0.4 is 10.1 Å². The van der Waals surface area contributed by atoms with Gasteiger partial charge in [-0.25, -0.2) is 19.7 Å². The number of amides is 1. The number of hydrogen-bond donors (Lipinski definition) is 2. The lowest BCUT2D eigenvalue weighted by molar-refractivity contribution is 0.0206. The molecule has 0 radical (unpaired) electrons. The van der Waals surface area contributed by atoms with Crippen molar-refractivity contribution in [2.24, 2.45) is 0 Å². The molecule has 2 N–H and O–H groups in total. The van der Waals surface area contributed by atoms with Gasteiger partial charge in [0.25, 0.3) is 0 Å². The second kappa shape index (κ2) is 13.6. The summed E-state index contributed by atoms with van der Waals surface area (Å²) >= 11 is 0. The molecule has 0 saturated carbocycles.